The molecule has 3 aromatic heterocycles. The fourth-order valence-corrected chi connectivity index (χ4v) is 4.94. The van der Waals surface area contributed by atoms with E-state index in [0.717, 1.165) is 20.9 Å². The lowest BCUT2D eigenvalue weighted by Gasteiger charge is -2.11. The fourth-order valence-electron chi connectivity index (χ4n) is 3.01. The highest BCUT2D eigenvalue weighted by molar-refractivity contribution is 7.20. The van der Waals surface area contributed by atoms with E-state index >= 15 is 0 Å². The number of aryl methyl sites for hydroxylation is 1. The Hall–Kier alpha value is -2.31. The molecule has 0 saturated heterocycles. The van der Waals surface area contributed by atoms with Crippen LogP contribution < -0.4 is 5.56 Å². The van der Waals surface area contributed by atoms with Crippen molar-refractivity contribution in [1.82, 2.24) is 9.55 Å². The topological polar surface area (TPSA) is 34.9 Å². The molecule has 4 rings (SSSR count). The van der Waals surface area contributed by atoms with Crippen LogP contribution in [0.15, 0.2) is 52.6 Å². The minimum atomic E-state index is -0.607. The standard InChI is InChI=1S/C19H15FN2OS2/c1-12-15(14-8-5-11-24-14)16-18(25-12)21-17(13-6-3-2-4-7-13)22(10-9-20)19(16)23/h2-8,11H,9-10H2,1H3. The third-order valence-corrected chi connectivity index (χ3v) is 5.98. The summed E-state index contributed by atoms with van der Waals surface area (Å²) in [5, 5.41) is 2.59. The molecule has 3 nitrogen and oxygen atoms in total. The first-order valence-electron chi connectivity index (χ1n) is 7.90. The number of rotatable bonds is 4. The zero-order valence-corrected chi connectivity index (χ0v) is 15.2. The van der Waals surface area contributed by atoms with Crippen LogP contribution in [0.2, 0.25) is 0 Å². The van der Waals surface area contributed by atoms with E-state index in [1.807, 2.05) is 54.8 Å². The molecule has 4 aromatic rings. The molecule has 126 valence electrons. The molecule has 0 atom stereocenters. The van der Waals surface area contributed by atoms with Crippen LogP contribution in [-0.2, 0) is 6.54 Å². The number of benzene rings is 1. The van der Waals surface area contributed by atoms with Gasteiger partial charge in [0.25, 0.3) is 5.56 Å². The molecule has 0 N–H and O–H groups in total. The number of hydrogen-bond acceptors (Lipinski definition) is 4. The first-order valence-corrected chi connectivity index (χ1v) is 9.59. The van der Waals surface area contributed by atoms with Crippen LogP contribution >= 0.6 is 22.7 Å². The molecule has 0 saturated carbocycles. The van der Waals surface area contributed by atoms with Crippen LogP contribution in [0.1, 0.15) is 4.88 Å². The highest BCUT2D eigenvalue weighted by Gasteiger charge is 2.20. The molecule has 0 radical (unpaired) electrons. The lowest BCUT2D eigenvalue weighted by molar-refractivity contribution is 0.441. The lowest BCUT2D eigenvalue weighted by atomic mass is 10.1. The van der Waals surface area contributed by atoms with Crippen LogP contribution in [0.25, 0.3) is 32.0 Å². The molecule has 1 aromatic carbocycles. The van der Waals surface area contributed by atoms with Crippen LogP contribution in [-0.4, -0.2) is 16.2 Å². The second-order valence-corrected chi connectivity index (χ2v) is 7.79. The van der Waals surface area contributed by atoms with Crippen molar-refractivity contribution < 1.29 is 4.39 Å². The summed E-state index contributed by atoms with van der Waals surface area (Å²) in [6.45, 7) is 1.40. The zero-order chi connectivity index (χ0) is 17.4. The summed E-state index contributed by atoms with van der Waals surface area (Å²) < 4.78 is 14.6. The summed E-state index contributed by atoms with van der Waals surface area (Å²) in [4.78, 5) is 20.8. The molecule has 3 heterocycles. The van der Waals surface area contributed by atoms with Gasteiger partial charge in [-0.1, -0.05) is 36.4 Å². The van der Waals surface area contributed by atoms with Crippen molar-refractivity contribution in [1.29, 1.82) is 0 Å². The van der Waals surface area contributed by atoms with Gasteiger partial charge in [0.2, 0.25) is 0 Å². The Labute approximate surface area is 152 Å². The van der Waals surface area contributed by atoms with E-state index in [-0.39, 0.29) is 12.1 Å². The minimum absolute atomic E-state index is 0.00474. The van der Waals surface area contributed by atoms with E-state index in [9.17, 15) is 9.18 Å². The van der Waals surface area contributed by atoms with Gasteiger partial charge in [-0.05, 0) is 18.4 Å². The predicted octanol–water partition coefficient (Wildman–Crippen LogP) is 5.13. The van der Waals surface area contributed by atoms with Crippen molar-refractivity contribution >= 4 is 32.9 Å². The highest BCUT2D eigenvalue weighted by Crippen LogP contribution is 2.38. The average Bonchev–Trinajstić information content (AvgIpc) is 3.25. The quantitative estimate of drug-likeness (QED) is 0.499. The fraction of sp³-hybridized carbons (Fsp3) is 0.158. The van der Waals surface area contributed by atoms with Gasteiger partial charge in [-0.15, -0.1) is 22.7 Å². The van der Waals surface area contributed by atoms with E-state index < -0.39 is 6.67 Å². The maximum Gasteiger partial charge on any atom is 0.263 e. The number of thiophene rings is 2. The van der Waals surface area contributed by atoms with Crippen molar-refractivity contribution in [2.24, 2.45) is 0 Å². The maximum atomic E-state index is 13.2. The van der Waals surface area contributed by atoms with E-state index in [0.29, 0.717) is 16.0 Å². The van der Waals surface area contributed by atoms with Gasteiger partial charge in [0.15, 0.2) is 0 Å². The minimum Gasteiger partial charge on any atom is -0.289 e. The SMILES string of the molecule is Cc1sc2nc(-c3ccccc3)n(CCF)c(=O)c2c1-c1cccs1. The Kier molecular flexibility index (Phi) is 4.23. The van der Waals surface area contributed by atoms with Crippen LogP contribution in [0.5, 0.6) is 0 Å². The van der Waals surface area contributed by atoms with Gasteiger partial charge in [0.05, 0.1) is 11.9 Å². The van der Waals surface area contributed by atoms with Gasteiger partial charge in [0.1, 0.15) is 17.3 Å². The molecule has 0 bridgehead atoms. The van der Waals surface area contributed by atoms with Crippen molar-refractivity contribution in [2.45, 2.75) is 13.5 Å². The Morgan fingerprint density at radius 1 is 1.16 bits per heavy atom. The molecule has 6 heteroatoms. The first-order chi connectivity index (χ1) is 12.2. The van der Waals surface area contributed by atoms with Gasteiger partial charge in [-0.25, -0.2) is 9.37 Å². The molecule has 0 amide bonds. The Bertz CT molecular complexity index is 1080. The van der Waals surface area contributed by atoms with Crippen molar-refractivity contribution in [3.63, 3.8) is 0 Å². The largest absolute Gasteiger partial charge is 0.289 e. The molecule has 0 aliphatic heterocycles. The van der Waals surface area contributed by atoms with Gasteiger partial charge in [-0.2, -0.15) is 0 Å². The Morgan fingerprint density at radius 2 is 1.96 bits per heavy atom. The molecule has 0 aliphatic rings. The van der Waals surface area contributed by atoms with Crippen LogP contribution in [0.3, 0.4) is 0 Å². The molecule has 25 heavy (non-hydrogen) atoms. The highest BCUT2D eigenvalue weighted by atomic mass is 32.1. The summed E-state index contributed by atoms with van der Waals surface area (Å²) >= 11 is 3.11. The number of aromatic nitrogens is 2. The van der Waals surface area contributed by atoms with Gasteiger partial charge >= 0.3 is 0 Å². The summed E-state index contributed by atoms with van der Waals surface area (Å²) in [5.74, 6) is 0.523. The van der Waals surface area contributed by atoms with Crippen LogP contribution in [0.4, 0.5) is 4.39 Å². The summed E-state index contributed by atoms with van der Waals surface area (Å²) in [6, 6.07) is 13.4. The molecule has 0 spiro atoms. The number of halogens is 1. The lowest BCUT2D eigenvalue weighted by Crippen LogP contribution is -2.24. The Morgan fingerprint density at radius 3 is 2.64 bits per heavy atom. The third kappa shape index (κ3) is 2.71. The number of hydrogen-bond donors (Lipinski definition) is 0. The molecule has 0 unspecified atom stereocenters. The monoisotopic (exact) mass is 370 g/mol. The van der Waals surface area contributed by atoms with Gasteiger partial charge in [0, 0.05) is 20.9 Å². The number of alkyl halides is 1. The average molecular weight is 370 g/mol. The predicted molar refractivity (Wildman–Crippen MR) is 103 cm³/mol. The molecule has 0 fully saturated rings. The summed E-state index contributed by atoms with van der Waals surface area (Å²) in [5.41, 5.74) is 1.58. The van der Waals surface area contributed by atoms with Crippen molar-refractivity contribution in [3.05, 3.63) is 63.1 Å². The van der Waals surface area contributed by atoms with Gasteiger partial charge < -0.3 is 0 Å². The smallest absolute Gasteiger partial charge is 0.263 e. The first kappa shape index (κ1) is 16.2. The van der Waals surface area contributed by atoms with E-state index in [4.69, 9.17) is 4.98 Å². The summed E-state index contributed by atoms with van der Waals surface area (Å²) in [7, 11) is 0. The number of fused-ring (bicyclic) bond motifs is 1. The molecule has 0 aliphatic carbocycles. The number of nitrogens with zero attached hydrogens (tertiary/aromatic N) is 2. The molecular weight excluding hydrogens is 355 g/mol. The maximum absolute atomic E-state index is 13.2. The Balaban J connectivity index is 2.07. The van der Waals surface area contributed by atoms with E-state index in [1.165, 1.54) is 15.9 Å². The normalized spacial score (nSPS) is 11.3. The van der Waals surface area contributed by atoms with Crippen LogP contribution in [0, 0.1) is 6.92 Å². The second-order valence-electron chi connectivity index (χ2n) is 5.64. The second kappa shape index (κ2) is 6.54. The zero-order valence-electron chi connectivity index (χ0n) is 13.5. The van der Waals surface area contributed by atoms with Gasteiger partial charge in [-0.3, -0.25) is 9.36 Å². The van der Waals surface area contributed by atoms with E-state index in [2.05, 4.69) is 0 Å². The summed E-state index contributed by atoms with van der Waals surface area (Å²) in [6.07, 6.45) is 0. The third-order valence-electron chi connectivity index (χ3n) is 4.10. The molecular formula is C19H15FN2OS2. The van der Waals surface area contributed by atoms with Crippen molar-refractivity contribution in [2.75, 3.05) is 6.67 Å². The van der Waals surface area contributed by atoms with E-state index in [1.54, 1.807) is 11.3 Å². The van der Waals surface area contributed by atoms with Crippen molar-refractivity contribution in [3.8, 4) is 21.8 Å².